The number of hydrogen-bond donors (Lipinski definition) is 0. The van der Waals surface area contributed by atoms with Gasteiger partial charge in [-0.2, -0.15) is 11.8 Å². The van der Waals surface area contributed by atoms with Crippen LogP contribution < -0.4 is 4.90 Å². The number of anilines is 1. The lowest BCUT2D eigenvalue weighted by Gasteiger charge is -2.34. The first-order chi connectivity index (χ1) is 13.2. The van der Waals surface area contributed by atoms with Gasteiger partial charge in [-0.1, -0.05) is 6.92 Å². The molecule has 8 heteroatoms. The molecule has 2 aromatic rings. The molecule has 1 amide bonds. The van der Waals surface area contributed by atoms with Gasteiger partial charge in [0.1, 0.15) is 5.82 Å². The van der Waals surface area contributed by atoms with E-state index in [9.17, 15) is 4.79 Å². The van der Waals surface area contributed by atoms with E-state index in [0.29, 0.717) is 5.82 Å². The van der Waals surface area contributed by atoms with E-state index in [1.807, 2.05) is 16.7 Å². The number of hydrogen-bond acceptors (Lipinski definition) is 7. The van der Waals surface area contributed by atoms with Crippen molar-refractivity contribution in [1.29, 1.82) is 0 Å². The van der Waals surface area contributed by atoms with Crippen LogP contribution in [0, 0.1) is 6.92 Å². The van der Waals surface area contributed by atoms with Crippen molar-refractivity contribution < 1.29 is 4.79 Å². The van der Waals surface area contributed by atoms with Crippen molar-refractivity contribution in [2.45, 2.75) is 20.3 Å². The van der Waals surface area contributed by atoms with Gasteiger partial charge < -0.3 is 9.80 Å². The number of aryl methyl sites for hydroxylation is 1. The third-order valence-corrected chi connectivity index (χ3v) is 7.16. The smallest absolute Gasteiger partial charge is 0.291 e. The molecule has 0 saturated carbocycles. The molecule has 0 unspecified atom stereocenters. The van der Waals surface area contributed by atoms with Gasteiger partial charge in [0.2, 0.25) is 5.82 Å². The van der Waals surface area contributed by atoms with Crippen LogP contribution in [0.2, 0.25) is 0 Å². The number of rotatable bonds is 4. The molecule has 0 spiro atoms. The molecule has 2 aromatic heterocycles. The summed E-state index contributed by atoms with van der Waals surface area (Å²) in [6, 6.07) is 0. The number of fused-ring (bicyclic) bond motifs is 1. The van der Waals surface area contributed by atoms with Crippen LogP contribution in [0.5, 0.6) is 0 Å². The van der Waals surface area contributed by atoms with Crippen LogP contribution in [-0.4, -0.2) is 83.0 Å². The minimum absolute atomic E-state index is 0.0236. The third kappa shape index (κ3) is 3.93. The predicted molar refractivity (Wildman–Crippen MR) is 114 cm³/mol. The quantitative estimate of drug-likeness (QED) is 0.780. The van der Waals surface area contributed by atoms with Crippen molar-refractivity contribution >= 4 is 45.7 Å². The number of carbonyl (C=O) groups is 1. The van der Waals surface area contributed by atoms with Crippen LogP contribution in [0.3, 0.4) is 0 Å². The Kier molecular flexibility index (Phi) is 5.85. The molecular formula is C19H27N5OS2. The molecule has 2 aliphatic rings. The maximum absolute atomic E-state index is 13.1. The van der Waals surface area contributed by atoms with Gasteiger partial charge in [0, 0.05) is 61.0 Å². The molecule has 0 aliphatic carbocycles. The summed E-state index contributed by atoms with van der Waals surface area (Å²) in [5, 5.41) is 3.18. The molecule has 2 saturated heterocycles. The molecule has 2 aliphatic heterocycles. The second-order valence-corrected chi connectivity index (χ2v) is 9.46. The highest BCUT2D eigenvalue weighted by Gasteiger charge is 2.26. The number of aromatic nitrogens is 2. The highest BCUT2D eigenvalue weighted by atomic mass is 32.2. The topological polar surface area (TPSA) is 52.6 Å². The maximum Gasteiger partial charge on any atom is 0.291 e. The highest BCUT2D eigenvalue weighted by Crippen LogP contribution is 2.32. The molecule has 4 heterocycles. The van der Waals surface area contributed by atoms with Gasteiger partial charge in [0.05, 0.1) is 10.9 Å². The summed E-state index contributed by atoms with van der Waals surface area (Å²) in [5.74, 6) is 3.50. The van der Waals surface area contributed by atoms with Crippen LogP contribution in [-0.2, 0) is 0 Å². The summed E-state index contributed by atoms with van der Waals surface area (Å²) in [5.41, 5.74) is 0.911. The minimum Gasteiger partial charge on any atom is -0.354 e. The van der Waals surface area contributed by atoms with Crippen molar-refractivity contribution in [1.82, 2.24) is 19.8 Å². The Hall–Kier alpha value is -1.38. The van der Waals surface area contributed by atoms with Gasteiger partial charge >= 0.3 is 0 Å². The zero-order valence-electron chi connectivity index (χ0n) is 16.1. The fraction of sp³-hybridized carbons (Fsp3) is 0.632. The number of carbonyl (C=O) groups excluding carboxylic acids is 1. The van der Waals surface area contributed by atoms with E-state index >= 15 is 0 Å². The Bertz CT molecular complexity index is 810. The zero-order valence-corrected chi connectivity index (χ0v) is 17.7. The molecule has 0 aromatic carbocycles. The summed E-state index contributed by atoms with van der Waals surface area (Å²) in [7, 11) is 0. The van der Waals surface area contributed by atoms with Crippen molar-refractivity contribution in [2.75, 3.05) is 62.2 Å². The monoisotopic (exact) mass is 405 g/mol. The normalized spacial score (nSPS) is 19.0. The fourth-order valence-corrected chi connectivity index (χ4v) is 5.50. The SMILES string of the molecule is CCCN1CCN(C(=O)c2nc(N3CCSCC3)c3c(C)scc3n2)CC1. The van der Waals surface area contributed by atoms with E-state index < -0.39 is 0 Å². The minimum atomic E-state index is -0.0236. The molecule has 0 bridgehead atoms. The summed E-state index contributed by atoms with van der Waals surface area (Å²) in [4.78, 5) is 30.5. The summed E-state index contributed by atoms with van der Waals surface area (Å²) < 4.78 is 0. The molecule has 4 rings (SSSR count). The lowest BCUT2D eigenvalue weighted by Crippen LogP contribution is -2.49. The number of amides is 1. The van der Waals surface area contributed by atoms with Crippen molar-refractivity contribution in [3.63, 3.8) is 0 Å². The van der Waals surface area contributed by atoms with Crippen molar-refractivity contribution in [3.05, 3.63) is 16.1 Å². The average Bonchev–Trinajstić information content (AvgIpc) is 3.09. The van der Waals surface area contributed by atoms with Crippen LogP contribution in [0.25, 0.3) is 10.9 Å². The fourth-order valence-electron chi connectivity index (χ4n) is 3.82. The third-order valence-electron chi connectivity index (χ3n) is 5.32. The first-order valence-corrected chi connectivity index (χ1v) is 11.8. The van der Waals surface area contributed by atoms with Gasteiger partial charge in [0.15, 0.2) is 0 Å². The van der Waals surface area contributed by atoms with E-state index in [-0.39, 0.29) is 5.91 Å². The largest absolute Gasteiger partial charge is 0.354 e. The molecular weight excluding hydrogens is 378 g/mol. The van der Waals surface area contributed by atoms with E-state index in [4.69, 9.17) is 4.98 Å². The average molecular weight is 406 g/mol. The molecule has 6 nitrogen and oxygen atoms in total. The Morgan fingerprint density at radius 3 is 2.56 bits per heavy atom. The van der Waals surface area contributed by atoms with Crippen molar-refractivity contribution in [3.8, 4) is 0 Å². The molecule has 2 fully saturated rings. The van der Waals surface area contributed by atoms with Crippen LogP contribution >= 0.6 is 23.1 Å². The van der Waals surface area contributed by atoms with E-state index in [1.54, 1.807) is 11.3 Å². The van der Waals surface area contributed by atoms with Gasteiger partial charge in [-0.25, -0.2) is 9.97 Å². The molecule has 0 atom stereocenters. The first kappa shape index (κ1) is 19.0. The van der Waals surface area contributed by atoms with Gasteiger partial charge in [-0.15, -0.1) is 11.3 Å². The van der Waals surface area contributed by atoms with Gasteiger partial charge in [-0.05, 0) is 19.9 Å². The molecule has 0 radical (unpaired) electrons. The van der Waals surface area contributed by atoms with Gasteiger partial charge in [-0.3, -0.25) is 9.69 Å². The van der Waals surface area contributed by atoms with Gasteiger partial charge in [0.25, 0.3) is 5.91 Å². The predicted octanol–water partition coefficient (Wildman–Crippen LogP) is 2.72. The van der Waals surface area contributed by atoms with E-state index in [2.05, 4.69) is 34.0 Å². The Labute approximate surface area is 168 Å². The lowest BCUT2D eigenvalue weighted by atomic mass is 10.2. The highest BCUT2D eigenvalue weighted by molar-refractivity contribution is 7.99. The second-order valence-electron chi connectivity index (χ2n) is 7.16. The Morgan fingerprint density at radius 2 is 1.85 bits per heavy atom. The lowest BCUT2D eigenvalue weighted by molar-refractivity contribution is 0.0626. The van der Waals surface area contributed by atoms with E-state index in [1.165, 1.54) is 4.88 Å². The Morgan fingerprint density at radius 1 is 1.11 bits per heavy atom. The standard InChI is InChI=1S/C19H27N5OS2/c1-3-4-22-5-7-24(8-6-22)19(25)17-20-15-13-27-14(2)16(15)18(21-17)23-9-11-26-12-10-23/h13H,3-12H2,1-2H3. The molecule has 146 valence electrons. The molecule has 27 heavy (non-hydrogen) atoms. The number of nitrogens with zero attached hydrogens (tertiary/aromatic N) is 5. The number of thioether (sulfide) groups is 1. The van der Waals surface area contributed by atoms with Crippen LogP contribution in [0.4, 0.5) is 5.82 Å². The first-order valence-electron chi connectivity index (χ1n) is 9.77. The maximum atomic E-state index is 13.1. The summed E-state index contributed by atoms with van der Waals surface area (Å²) in [6.45, 7) is 10.8. The Balaban J connectivity index is 1.61. The summed E-state index contributed by atoms with van der Waals surface area (Å²) in [6.07, 6.45) is 1.16. The van der Waals surface area contributed by atoms with E-state index in [0.717, 1.165) is 80.5 Å². The summed E-state index contributed by atoms with van der Waals surface area (Å²) >= 11 is 3.67. The van der Waals surface area contributed by atoms with Crippen LogP contribution in [0.1, 0.15) is 28.8 Å². The van der Waals surface area contributed by atoms with Crippen LogP contribution in [0.15, 0.2) is 5.38 Å². The second kappa shape index (κ2) is 8.32. The van der Waals surface area contributed by atoms with Crippen molar-refractivity contribution in [2.24, 2.45) is 0 Å². The zero-order chi connectivity index (χ0) is 18.8. The molecule has 0 N–H and O–H groups in total. The number of piperazine rings is 1. The number of thiophene rings is 1.